The van der Waals surface area contributed by atoms with Crippen molar-refractivity contribution < 1.29 is 9.53 Å². The van der Waals surface area contributed by atoms with Crippen LogP contribution < -0.4 is 5.73 Å². The van der Waals surface area contributed by atoms with Gasteiger partial charge in [-0.25, -0.2) is 4.99 Å². The van der Waals surface area contributed by atoms with Crippen LogP contribution in [0.2, 0.25) is 0 Å². The van der Waals surface area contributed by atoms with E-state index in [1.165, 1.54) is 5.56 Å². The molecule has 0 saturated carbocycles. The number of carbonyl (C=O) groups is 1. The van der Waals surface area contributed by atoms with Gasteiger partial charge in [0.25, 0.3) is 0 Å². The minimum atomic E-state index is -0.416. The van der Waals surface area contributed by atoms with E-state index in [1.807, 2.05) is 36.4 Å². The molecule has 0 aliphatic carbocycles. The monoisotopic (exact) mass is 336 g/mol. The van der Waals surface area contributed by atoms with E-state index in [1.54, 1.807) is 6.07 Å². The van der Waals surface area contributed by atoms with E-state index in [2.05, 4.69) is 26.0 Å². The molecule has 0 unspecified atom stereocenters. The molecule has 130 valence electrons. The lowest BCUT2D eigenvalue weighted by molar-refractivity contribution is 0.0999. The third-order valence-corrected chi connectivity index (χ3v) is 4.54. The first-order valence-electron chi connectivity index (χ1n) is 8.69. The lowest BCUT2D eigenvalue weighted by atomic mass is 9.85. The second-order valence-electron chi connectivity index (χ2n) is 6.80. The van der Waals surface area contributed by atoms with E-state index >= 15 is 0 Å². The Bertz CT molecular complexity index is 768. The van der Waals surface area contributed by atoms with Gasteiger partial charge in [0.1, 0.15) is 6.61 Å². The van der Waals surface area contributed by atoms with Crippen LogP contribution in [0, 0.1) is 5.92 Å². The molecule has 2 N–H and O–H groups in total. The van der Waals surface area contributed by atoms with Crippen LogP contribution in [0.3, 0.4) is 0 Å². The number of hydrogen-bond donors (Lipinski definition) is 1. The van der Waals surface area contributed by atoms with Gasteiger partial charge in [-0.2, -0.15) is 0 Å². The number of ether oxygens (including phenoxy) is 1. The van der Waals surface area contributed by atoms with Crippen molar-refractivity contribution in [2.75, 3.05) is 6.61 Å². The zero-order valence-corrected chi connectivity index (χ0v) is 14.7. The Labute approximate surface area is 148 Å². The van der Waals surface area contributed by atoms with Crippen molar-refractivity contribution in [1.82, 2.24) is 0 Å². The summed E-state index contributed by atoms with van der Waals surface area (Å²) >= 11 is 0. The van der Waals surface area contributed by atoms with Crippen molar-refractivity contribution in [2.45, 2.75) is 32.2 Å². The molecule has 4 heteroatoms. The Kier molecular flexibility index (Phi) is 5.17. The summed E-state index contributed by atoms with van der Waals surface area (Å²) in [4.78, 5) is 16.6. The van der Waals surface area contributed by atoms with Gasteiger partial charge in [-0.1, -0.05) is 62.4 Å². The van der Waals surface area contributed by atoms with E-state index in [9.17, 15) is 4.79 Å². The quantitative estimate of drug-likeness (QED) is 0.876. The molecule has 3 rings (SSSR count). The summed E-state index contributed by atoms with van der Waals surface area (Å²) in [5.41, 5.74) is 8.24. The second kappa shape index (κ2) is 7.51. The van der Waals surface area contributed by atoms with Gasteiger partial charge >= 0.3 is 0 Å². The molecule has 4 nitrogen and oxygen atoms in total. The topological polar surface area (TPSA) is 64.7 Å². The summed E-state index contributed by atoms with van der Waals surface area (Å²) in [6.07, 6.45) is 0.854. The van der Waals surface area contributed by atoms with Gasteiger partial charge < -0.3 is 10.5 Å². The molecule has 2 aromatic rings. The maximum absolute atomic E-state index is 11.8. The van der Waals surface area contributed by atoms with Crippen LogP contribution in [-0.2, 0) is 11.2 Å². The highest BCUT2D eigenvalue weighted by Gasteiger charge is 2.31. The lowest BCUT2D eigenvalue weighted by Gasteiger charge is -2.22. The highest BCUT2D eigenvalue weighted by Crippen LogP contribution is 2.32. The van der Waals surface area contributed by atoms with Crippen LogP contribution in [0.1, 0.15) is 41.3 Å². The minimum Gasteiger partial charge on any atom is -0.478 e. The van der Waals surface area contributed by atoms with E-state index in [-0.39, 0.29) is 17.9 Å². The van der Waals surface area contributed by atoms with Gasteiger partial charge in [0.05, 0.1) is 12.0 Å². The number of amides is 1. The smallest absolute Gasteiger partial charge is 0.249 e. The maximum atomic E-state index is 11.8. The number of nitrogens with two attached hydrogens (primary N) is 1. The molecule has 1 amide bonds. The number of aliphatic imine (C=N–C) groups is 1. The third kappa shape index (κ3) is 3.90. The number of primary amides is 1. The van der Waals surface area contributed by atoms with Gasteiger partial charge in [-0.3, -0.25) is 4.79 Å². The standard InChI is InChI=1S/C21H24N2O2/c1-14(2)19(17-10-6-7-11-18(17)20(22)24)21-23-16(13-25-21)12-15-8-4-3-5-9-15/h3-11,14,16,19H,12-13H2,1-2H3,(H2,22,24)/t16-,19-/m0/s1. The molecule has 1 aliphatic rings. The third-order valence-electron chi connectivity index (χ3n) is 4.54. The Morgan fingerprint density at radius 2 is 1.84 bits per heavy atom. The van der Waals surface area contributed by atoms with E-state index in [0.717, 1.165) is 12.0 Å². The molecule has 0 radical (unpaired) electrons. The summed E-state index contributed by atoms with van der Waals surface area (Å²) in [5.74, 6) is 0.476. The molecule has 0 fully saturated rings. The molecular formula is C21H24N2O2. The van der Waals surface area contributed by atoms with Crippen LogP contribution >= 0.6 is 0 Å². The predicted molar refractivity (Wildman–Crippen MR) is 99.9 cm³/mol. The van der Waals surface area contributed by atoms with Gasteiger partial charge in [0.2, 0.25) is 5.91 Å². The van der Waals surface area contributed by atoms with E-state index in [0.29, 0.717) is 18.1 Å². The molecular weight excluding hydrogens is 312 g/mol. The zero-order chi connectivity index (χ0) is 17.8. The van der Waals surface area contributed by atoms with Crippen LogP contribution in [-0.4, -0.2) is 24.5 Å². The molecule has 2 atom stereocenters. The first kappa shape index (κ1) is 17.2. The van der Waals surface area contributed by atoms with Crippen LogP contribution in [0.15, 0.2) is 59.6 Å². The number of benzene rings is 2. The van der Waals surface area contributed by atoms with Crippen LogP contribution in [0.4, 0.5) is 0 Å². The molecule has 1 aliphatic heterocycles. The Balaban J connectivity index is 1.87. The van der Waals surface area contributed by atoms with E-state index in [4.69, 9.17) is 15.5 Å². The largest absolute Gasteiger partial charge is 0.478 e. The Morgan fingerprint density at radius 3 is 2.52 bits per heavy atom. The zero-order valence-electron chi connectivity index (χ0n) is 14.7. The Morgan fingerprint density at radius 1 is 1.16 bits per heavy atom. The molecule has 0 aromatic heterocycles. The van der Waals surface area contributed by atoms with Gasteiger partial charge in [0, 0.05) is 5.56 Å². The molecule has 25 heavy (non-hydrogen) atoms. The van der Waals surface area contributed by atoms with Crippen molar-refractivity contribution in [3.8, 4) is 0 Å². The van der Waals surface area contributed by atoms with Gasteiger partial charge in [0.15, 0.2) is 5.90 Å². The number of carbonyl (C=O) groups excluding carboxylic acids is 1. The average Bonchev–Trinajstić information content (AvgIpc) is 3.04. The van der Waals surface area contributed by atoms with Crippen molar-refractivity contribution >= 4 is 11.8 Å². The van der Waals surface area contributed by atoms with Crippen molar-refractivity contribution in [2.24, 2.45) is 16.6 Å². The normalized spacial score (nSPS) is 17.9. The molecule has 2 aromatic carbocycles. The molecule has 1 heterocycles. The van der Waals surface area contributed by atoms with Gasteiger partial charge in [-0.15, -0.1) is 0 Å². The SMILES string of the molecule is CC(C)[C@H](C1=N[C@@H](Cc2ccccc2)CO1)c1ccccc1C(N)=O. The van der Waals surface area contributed by atoms with E-state index < -0.39 is 5.91 Å². The van der Waals surface area contributed by atoms with Crippen molar-refractivity contribution in [3.05, 3.63) is 71.3 Å². The lowest BCUT2D eigenvalue weighted by Crippen LogP contribution is -2.23. The number of hydrogen-bond acceptors (Lipinski definition) is 3. The molecule has 0 spiro atoms. The first-order valence-corrected chi connectivity index (χ1v) is 8.69. The average molecular weight is 336 g/mol. The predicted octanol–water partition coefficient (Wildman–Crippen LogP) is 3.57. The summed E-state index contributed by atoms with van der Waals surface area (Å²) in [7, 11) is 0. The molecule has 0 saturated heterocycles. The highest BCUT2D eigenvalue weighted by atomic mass is 16.5. The summed E-state index contributed by atoms with van der Waals surface area (Å²) in [6.45, 7) is 4.80. The number of rotatable bonds is 6. The van der Waals surface area contributed by atoms with Crippen molar-refractivity contribution in [3.63, 3.8) is 0 Å². The maximum Gasteiger partial charge on any atom is 0.249 e. The summed E-state index contributed by atoms with van der Waals surface area (Å²) in [6, 6.07) is 17.9. The second-order valence-corrected chi connectivity index (χ2v) is 6.80. The van der Waals surface area contributed by atoms with Gasteiger partial charge in [-0.05, 0) is 29.5 Å². The Hall–Kier alpha value is -2.62. The fourth-order valence-corrected chi connectivity index (χ4v) is 3.37. The van der Waals surface area contributed by atoms with Crippen LogP contribution in [0.25, 0.3) is 0 Å². The first-order chi connectivity index (χ1) is 12.1. The van der Waals surface area contributed by atoms with Crippen LogP contribution in [0.5, 0.6) is 0 Å². The fraction of sp³-hybridized carbons (Fsp3) is 0.333. The fourth-order valence-electron chi connectivity index (χ4n) is 3.37. The highest BCUT2D eigenvalue weighted by molar-refractivity contribution is 5.97. The summed E-state index contributed by atoms with van der Waals surface area (Å²) in [5, 5.41) is 0. The molecule has 0 bridgehead atoms. The van der Waals surface area contributed by atoms with Crippen molar-refractivity contribution in [1.29, 1.82) is 0 Å². The number of nitrogens with zero attached hydrogens (tertiary/aromatic N) is 1. The minimum absolute atomic E-state index is 0.0653. The summed E-state index contributed by atoms with van der Waals surface area (Å²) < 4.78 is 5.95.